The summed E-state index contributed by atoms with van der Waals surface area (Å²) in [7, 11) is 0. The molecule has 5 nitrogen and oxygen atoms in total. The Hall–Kier alpha value is -1.50. The van der Waals surface area contributed by atoms with E-state index >= 15 is 0 Å². The third-order valence-electron chi connectivity index (χ3n) is 2.74. The molecule has 2 rings (SSSR count). The molecule has 0 radical (unpaired) electrons. The zero-order valence-electron chi connectivity index (χ0n) is 11.8. The van der Waals surface area contributed by atoms with E-state index in [9.17, 15) is 4.79 Å². The largest absolute Gasteiger partial charge is 0.324 e. The summed E-state index contributed by atoms with van der Waals surface area (Å²) in [5, 5.41) is 11.8. The van der Waals surface area contributed by atoms with Crippen molar-refractivity contribution in [3.8, 4) is 0 Å². The van der Waals surface area contributed by atoms with Gasteiger partial charge in [-0.2, -0.15) is 0 Å². The van der Waals surface area contributed by atoms with Crippen molar-refractivity contribution in [3.63, 3.8) is 0 Å². The van der Waals surface area contributed by atoms with Crippen molar-refractivity contribution in [2.24, 2.45) is 0 Å². The predicted octanol–water partition coefficient (Wildman–Crippen LogP) is 3.89. The van der Waals surface area contributed by atoms with Crippen molar-refractivity contribution in [1.82, 2.24) is 14.8 Å². The van der Waals surface area contributed by atoms with Gasteiger partial charge in [0.2, 0.25) is 5.91 Å². The Morgan fingerprint density at radius 3 is 3.05 bits per heavy atom. The quantitative estimate of drug-likeness (QED) is 0.629. The number of carbonyl (C=O) groups excluding carboxylic acids is 1. The van der Waals surface area contributed by atoms with E-state index in [4.69, 9.17) is 23.2 Å². The van der Waals surface area contributed by atoms with Crippen LogP contribution in [0.25, 0.3) is 0 Å². The Kier molecular flexibility index (Phi) is 5.88. The Bertz CT molecular complexity index is 689. The van der Waals surface area contributed by atoms with Gasteiger partial charge >= 0.3 is 0 Å². The van der Waals surface area contributed by atoms with Gasteiger partial charge in [0.15, 0.2) is 5.16 Å². The number of allylic oxidation sites excluding steroid dienone is 1. The van der Waals surface area contributed by atoms with Gasteiger partial charge in [-0.05, 0) is 25.1 Å². The molecular weight excluding hydrogens is 343 g/mol. The van der Waals surface area contributed by atoms with Crippen LogP contribution >= 0.6 is 35.0 Å². The summed E-state index contributed by atoms with van der Waals surface area (Å²) < 4.78 is 1.81. The lowest BCUT2D eigenvalue weighted by molar-refractivity contribution is -0.115. The van der Waals surface area contributed by atoms with Crippen LogP contribution in [-0.2, 0) is 11.3 Å². The predicted molar refractivity (Wildman–Crippen MR) is 90.6 cm³/mol. The first-order valence-electron chi connectivity index (χ1n) is 6.42. The van der Waals surface area contributed by atoms with Crippen LogP contribution < -0.4 is 5.32 Å². The number of halogens is 2. The molecular formula is C14H14Cl2N4OS. The van der Waals surface area contributed by atoms with Gasteiger partial charge in [-0.1, -0.05) is 41.0 Å². The molecule has 1 amide bonds. The van der Waals surface area contributed by atoms with E-state index in [1.807, 2.05) is 4.57 Å². The Labute approximate surface area is 142 Å². The first-order chi connectivity index (χ1) is 10.5. The minimum atomic E-state index is -0.372. The van der Waals surface area contributed by atoms with Crippen molar-refractivity contribution in [2.45, 2.75) is 23.9 Å². The molecule has 1 aromatic heterocycles. The van der Waals surface area contributed by atoms with Gasteiger partial charge < -0.3 is 9.88 Å². The van der Waals surface area contributed by atoms with E-state index in [1.165, 1.54) is 11.8 Å². The highest BCUT2D eigenvalue weighted by atomic mass is 35.5. The molecule has 0 saturated carbocycles. The molecule has 0 unspecified atom stereocenters. The SMILES string of the molecule is C=CCn1cnnc1S[C@@H](C)C(=O)Nc1cc(Cl)ccc1Cl. The number of hydrogen-bond donors (Lipinski definition) is 1. The molecule has 22 heavy (non-hydrogen) atoms. The first kappa shape index (κ1) is 16.9. The van der Waals surface area contributed by atoms with E-state index < -0.39 is 0 Å². The van der Waals surface area contributed by atoms with Crippen LogP contribution in [0.2, 0.25) is 10.0 Å². The molecule has 0 spiro atoms. The molecule has 0 aliphatic heterocycles. The fraction of sp³-hybridized carbons (Fsp3) is 0.214. The van der Waals surface area contributed by atoms with Crippen LogP contribution in [0.1, 0.15) is 6.92 Å². The molecule has 2 aromatic rings. The number of thioether (sulfide) groups is 1. The number of aromatic nitrogens is 3. The molecule has 1 N–H and O–H groups in total. The van der Waals surface area contributed by atoms with E-state index in [2.05, 4.69) is 22.1 Å². The van der Waals surface area contributed by atoms with Crippen molar-refractivity contribution >= 4 is 46.6 Å². The molecule has 0 aliphatic rings. The van der Waals surface area contributed by atoms with E-state index in [0.717, 1.165) is 0 Å². The molecule has 0 aliphatic carbocycles. The molecule has 1 aromatic carbocycles. The molecule has 0 fully saturated rings. The van der Waals surface area contributed by atoms with E-state index in [0.29, 0.717) is 27.4 Å². The van der Waals surface area contributed by atoms with Crippen LogP contribution in [0, 0.1) is 0 Å². The summed E-state index contributed by atoms with van der Waals surface area (Å²) in [6, 6.07) is 4.91. The molecule has 8 heteroatoms. The maximum atomic E-state index is 12.3. The number of rotatable bonds is 6. The third kappa shape index (κ3) is 4.25. The van der Waals surface area contributed by atoms with E-state index in [1.54, 1.807) is 37.5 Å². The normalized spacial score (nSPS) is 12.0. The van der Waals surface area contributed by atoms with Crippen molar-refractivity contribution in [2.75, 3.05) is 5.32 Å². The standard InChI is InChI=1S/C14H14Cl2N4OS/c1-3-6-20-8-17-19-14(20)22-9(2)13(21)18-12-7-10(15)4-5-11(12)16/h3-5,7-9H,1,6H2,2H3,(H,18,21)/t9-/m0/s1. The average Bonchev–Trinajstić information content (AvgIpc) is 2.90. The third-order valence-corrected chi connectivity index (χ3v) is 4.40. The Morgan fingerprint density at radius 2 is 2.32 bits per heavy atom. The number of amides is 1. The number of hydrogen-bond acceptors (Lipinski definition) is 4. The smallest absolute Gasteiger partial charge is 0.237 e. The van der Waals surface area contributed by atoms with E-state index in [-0.39, 0.29) is 11.2 Å². The summed E-state index contributed by atoms with van der Waals surface area (Å²) in [4.78, 5) is 12.3. The Balaban J connectivity index is 2.04. The van der Waals surface area contributed by atoms with Gasteiger partial charge in [0.25, 0.3) is 0 Å². The van der Waals surface area contributed by atoms with Crippen LogP contribution in [0.5, 0.6) is 0 Å². The van der Waals surface area contributed by atoms with Gasteiger partial charge in [0.05, 0.1) is 16.0 Å². The zero-order chi connectivity index (χ0) is 16.1. The highest BCUT2D eigenvalue weighted by Gasteiger charge is 2.18. The number of anilines is 1. The van der Waals surface area contributed by atoms with Crippen LogP contribution in [0.4, 0.5) is 5.69 Å². The second kappa shape index (κ2) is 7.67. The maximum Gasteiger partial charge on any atom is 0.237 e. The molecule has 1 heterocycles. The van der Waals surface area contributed by atoms with Gasteiger partial charge in [-0.15, -0.1) is 16.8 Å². The first-order valence-corrected chi connectivity index (χ1v) is 8.06. The lowest BCUT2D eigenvalue weighted by Gasteiger charge is -2.13. The highest BCUT2D eigenvalue weighted by molar-refractivity contribution is 8.00. The molecule has 0 bridgehead atoms. The van der Waals surface area contributed by atoms with Gasteiger partial charge in [-0.25, -0.2) is 0 Å². The number of nitrogens with zero attached hydrogens (tertiary/aromatic N) is 3. The topological polar surface area (TPSA) is 59.8 Å². The lowest BCUT2D eigenvalue weighted by Crippen LogP contribution is -2.23. The van der Waals surface area contributed by atoms with Gasteiger partial charge in [-0.3, -0.25) is 4.79 Å². The van der Waals surface area contributed by atoms with Gasteiger partial charge in [0.1, 0.15) is 6.33 Å². The molecule has 116 valence electrons. The zero-order valence-corrected chi connectivity index (χ0v) is 14.1. The second-order valence-corrected chi connectivity index (χ2v) is 6.58. The van der Waals surface area contributed by atoms with Crippen LogP contribution in [0.15, 0.2) is 42.3 Å². The number of nitrogens with one attached hydrogen (secondary N) is 1. The number of carbonyl (C=O) groups is 1. The molecule has 1 atom stereocenters. The summed E-state index contributed by atoms with van der Waals surface area (Å²) >= 11 is 13.2. The van der Waals surface area contributed by atoms with Gasteiger partial charge in [0, 0.05) is 11.6 Å². The summed E-state index contributed by atoms with van der Waals surface area (Å²) in [6.45, 7) is 6.04. The maximum absolute atomic E-state index is 12.3. The highest BCUT2D eigenvalue weighted by Crippen LogP contribution is 2.27. The summed E-state index contributed by atoms with van der Waals surface area (Å²) in [5.74, 6) is -0.192. The van der Waals surface area contributed by atoms with Crippen LogP contribution in [0.3, 0.4) is 0 Å². The van der Waals surface area contributed by atoms with Crippen LogP contribution in [-0.4, -0.2) is 25.9 Å². The fourth-order valence-corrected chi connectivity index (χ4v) is 2.81. The van der Waals surface area contributed by atoms with Crippen molar-refractivity contribution < 1.29 is 4.79 Å². The fourth-order valence-electron chi connectivity index (χ4n) is 1.64. The minimum absolute atomic E-state index is 0.192. The monoisotopic (exact) mass is 356 g/mol. The minimum Gasteiger partial charge on any atom is -0.324 e. The lowest BCUT2D eigenvalue weighted by atomic mass is 10.3. The number of benzene rings is 1. The Morgan fingerprint density at radius 1 is 1.55 bits per heavy atom. The van der Waals surface area contributed by atoms with Crippen molar-refractivity contribution in [3.05, 3.63) is 47.2 Å². The van der Waals surface area contributed by atoms with Crippen molar-refractivity contribution in [1.29, 1.82) is 0 Å². The summed E-state index contributed by atoms with van der Waals surface area (Å²) in [5.41, 5.74) is 0.485. The molecule has 0 saturated heterocycles. The summed E-state index contributed by atoms with van der Waals surface area (Å²) in [6.07, 6.45) is 3.34. The average molecular weight is 357 g/mol. The second-order valence-electron chi connectivity index (χ2n) is 4.43.